The molecule has 0 saturated heterocycles. The largest absolute Gasteiger partial charge is 0.497 e. The van der Waals surface area contributed by atoms with Crippen molar-refractivity contribution < 1.29 is 19.0 Å². The second-order valence-electron chi connectivity index (χ2n) is 7.02. The van der Waals surface area contributed by atoms with Crippen molar-refractivity contribution in [3.05, 3.63) is 78.4 Å². The van der Waals surface area contributed by atoms with E-state index in [4.69, 9.17) is 14.2 Å². The molecular weight excluding hydrogens is 420 g/mol. The van der Waals surface area contributed by atoms with E-state index in [9.17, 15) is 4.79 Å². The number of ether oxygens (including phenoxy) is 3. The van der Waals surface area contributed by atoms with Crippen LogP contribution in [0.1, 0.15) is 17.3 Å². The number of anilines is 1. The van der Waals surface area contributed by atoms with Crippen LogP contribution >= 0.6 is 0 Å². The SMILES string of the molecule is CCOc1nc(-c2ccc(OC)cc2)n(-c2cccc(NC(=O)c3ccc(OC)cc3)c2)n1. The maximum absolute atomic E-state index is 12.7. The Morgan fingerprint density at radius 3 is 2.24 bits per heavy atom. The van der Waals surface area contributed by atoms with Crippen LogP contribution in [0.2, 0.25) is 0 Å². The predicted molar refractivity (Wildman–Crippen MR) is 125 cm³/mol. The van der Waals surface area contributed by atoms with E-state index in [2.05, 4.69) is 15.4 Å². The molecule has 3 aromatic carbocycles. The summed E-state index contributed by atoms with van der Waals surface area (Å²) in [6.07, 6.45) is 0. The van der Waals surface area contributed by atoms with Crippen LogP contribution in [0.3, 0.4) is 0 Å². The van der Waals surface area contributed by atoms with Gasteiger partial charge in [0, 0.05) is 16.8 Å². The molecule has 8 heteroatoms. The lowest BCUT2D eigenvalue weighted by Crippen LogP contribution is -2.12. The van der Waals surface area contributed by atoms with Crippen LogP contribution < -0.4 is 19.5 Å². The first-order chi connectivity index (χ1) is 16.1. The predicted octanol–water partition coefficient (Wildman–Crippen LogP) is 4.60. The van der Waals surface area contributed by atoms with Crippen LogP contribution in [0, 0.1) is 0 Å². The number of amides is 1. The van der Waals surface area contributed by atoms with E-state index in [1.54, 1.807) is 43.2 Å². The molecule has 1 N–H and O–H groups in total. The smallest absolute Gasteiger partial charge is 0.336 e. The Hall–Kier alpha value is -4.33. The number of methoxy groups -OCH3 is 2. The highest BCUT2D eigenvalue weighted by atomic mass is 16.5. The van der Waals surface area contributed by atoms with Gasteiger partial charge in [-0.25, -0.2) is 4.68 Å². The van der Waals surface area contributed by atoms with Gasteiger partial charge in [-0.2, -0.15) is 4.98 Å². The quantitative estimate of drug-likeness (QED) is 0.427. The third-order valence-electron chi connectivity index (χ3n) is 4.91. The van der Waals surface area contributed by atoms with Crippen molar-refractivity contribution in [3.8, 4) is 34.6 Å². The molecule has 1 aromatic heterocycles. The minimum absolute atomic E-state index is 0.223. The fourth-order valence-corrected chi connectivity index (χ4v) is 3.25. The molecule has 33 heavy (non-hydrogen) atoms. The highest BCUT2D eigenvalue weighted by molar-refractivity contribution is 6.04. The Bertz CT molecular complexity index is 1230. The van der Waals surface area contributed by atoms with E-state index in [0.29, 0.717) is 29.4 Å². The molecule has 0 unspecified atom stereocenters. The summed E-state index contributed by atoms with van der Waals surface area (Å²) in [6.45, 7) is 2.33. The average molecular weight is 444 g/mol. The highest BCUT2D eigenvalue weighted by Crippen LogP contribution is 2.27. The minimum Gasteiger partial charge on any atom is -0.497 e. The summed E-state index contributed by atoms with van der Waals surface area (Å²) in [5.74, 6) is 1.83. The Morgan fingerprint density at radius 1 is 0.939 bits per heavy atom. The van der Waals surface area contributed by atoms with Gasteiger partial charge in [-0.05, 0) is 73.7 Å². The van der Waals surface area contributed by atoms with E-state index < -0.39 is 0 Å². The zero-order chi connectivity index (χ0) is 23.2. The lowest BCUT2D eigenvalue weighted by molar-refractivity contribution is 0.102. The van der Waals surface area contributed by atoms with E-state index in [1.807, 2.05) is 55.5 Å². The van der Waals surface area contributed by atoms with Crippen LogP contribution in [-0.2, 0) is 0 Å². The van der Waals surface area contributed by atoms with Crippen LogP contribution in [0.15, 0.2) is 72.8 Å². The first-order valence-corrected chi connectivity index (χ1v) is 10.4. The zero-order valence-electron chi connectivity index (χ0n) is 18.6. The Balaban J connectivity index is 1.64. The van der Waals surface area contributed by atoms with Gasteiger partial charge in [-0.3, -0.25) is 4.79 Å². The molecule has 0 spiro atoms. The zero-order valence-corrected chi connectivity index (χ0v) is 18.6. The van der Waals surface area contributed by atoms with Crippen molar-refractivity contribution in [2.45, 2.75) is 6.92 Å². The monoisotopic (exact) mass is 444 g/mol. The molecule has 0 atom stereocenters. The average Bonchev–Trinajstić information content (AvgIpc) is 3.28. The van der Waals surface area contributed by atoms with E-state index in [-0.39, 0.29) is 11.9 Å². The molecule has 1 amide bonds. The maximum Gasteiger partial charge on any atom is 0.336 e. The van der Waals surface area contributed by atoms with Crippen LogP contribution in [0.5, 0.6) is 17.5 Å². The topological polar surface area (TPSA) is 87.5 Å². The Labute approximate surface area is 191 Å². The van der Waals surface area contributed by atoms with Crippen molar-refractivity contribution in [2.75, 3.05) is 26.1 Å². The first-order valence-electron chi connectivity index (χ1n) is 10.4. The number of nitrogens with zero attached hydrogens (tertiary/aromatic N) is 3. The van der Waals surface area contributed by atoms with E-state index >= 15 is 0 Å². The number of carbonyl (C=O) groups is 1. The van der Waals surface area contributed by atoms with E-state index in [0.717, 1.165) is 17.0 Å². The van der Waals surface area contributed by atoms with Gasteiger partial charge in [0.05, 0.1) is 26.5 Å². The second-order valence-corrected chi connectivity index (χ2v) is 7.02. The van der Waals surface area contributed by atoms with Crippen LogP contribution in [-0.4, -0.2) is 41.5 Å². The van der Waals surface area contributed by atoms with Gasteiger partial charge in [0.25, 0.3) is 5.91 Å². The number of hydrogen-bond donors (Lipinski definition) is 1. The second kappa shape index (κ2) is 9.86. The summed E-state index contributed by atoms with van der Waals surface area (Å²) < 4.78 is 17.6. The standard InChI is InChI=1S/C25H24N4O4/c1-4-33-25-27-23(17-8-12-21(31-2)13-9-17)29(28-25)20-7-5-6-19(16-20)26-24(30)18-10-14-22(32-3)15-11-18/h5-16H,4H2,1-3H3,(H,26,30). The molecule has 1 heterocycles. The number of nitrogens with one attached hydrogen (secondary N) is 1. The van der Waals surface area contributed by atoms with Gasteiger partial charge in [-0.15, -0.1) is 5.10 Å². The van der Waals surface area contributed by atoms with Crippen molar-refractivity contribution >= 4 is 11.6 Å². The molecule has 4 aromatic rings. The van der Waals surface area contributed by atoms with E-state index in [1.165, 1.54) is 0 Å². The number of benzene rings is 3. The van der Waals surface area contributed by atoms with Crippen molar-refractivity contribution in [1.82, 2.24) is 14.8 Å². The summed E-state index contributed by atoms with van der Waals surface area (Å²) in [6, 6.07) is 22.1. The van der Waals surface area contributed by atoms with Gasteiger partial charge in [0.2, 0.25) is 0 Å². The molecule has 168 valence electrons. The van der Waals surface area contributed by atoms with Gasteiger partial charge < -0.3 is 19.5 Å². The Kier molecular flexibility index (Phi) is 6.54. The molecule has 0 radical (unpaired) electrons. The lowest BCUT2D eigenvalue weighted by Gasteiger charge is -2.10. The van der Waals surface area contributed by atoms with Gasteiger partial charge in [0.1, 0.15) is 11.5 Å². The van der Waals surface area contributed by atoms with Crippen molar-refractivity contribution in [3.63, 3.8) is 0 Å². The summed E-state index contributed by atoms with van der Waals surface area (Å²) >= 11 is 0. The summed E-state index contributed by atoms with van der Waals surface area (Å²) in [5.41, 5.74) is 2.73. The molecule has 0 saturated carbocycles. The molecule has 0 aliphatic heterocycles. The Morgan fingerprint density at radius 2 is 1.61 bits per heavy atom. The molecule has 0 fully saturated rings. The fraction of sp³-hybridized carbons (Fsp3) is 0.160. The van der Waals surface area contributed by atoms with Crippen LogP contribution in [0.4, 0.5) is 5.69 Å². The summed E-state index contributed by atoms with van der Waals surface area (Å²) in [4.78, 5) is 17.2. The minimum atomic E-state index is -0.223. The van der Waals surface area contributed by atoms with Crippen LogP contribution in [0.25, 0.3) is 17.1 Å². The highest BCUT2D eigenvalue weighted by Gasteiger charge is 2.16. The molecule has 0 aliphatic rings. The van der Waals surface area contributed by atoms with Gasteiger partial charge in [-0.1, -0.05) is 6.07 Å². The number of hydrogen-bond acceptors (Lipinski definition) is 6. The van der Waals surface area contributed by atoms with Crippen molar-refractivity contribution in [2.24, 2.45) is 0 Å². The summed E-state index contributed by atoms with van der Waals surface area (Å²) in [5, 5.41) is 7.44. The maximum atomic E-state index is 12.7. The third kappa shape index (κ3) is 4.95. The lowest BCUT2D eigenvalue weighted by atomic mass is 10.2. The molecule has 0 aliphatic carbocycles. The molecule has 8 nitrogen and oxygen atoms in total. The van der Waals surface area contributed by atoms with Gasteiger partial charge in [0.15, 0.2) is 5.82 Å². The third-order valence-corrected chi connectivity index (χ3v) is 4.91. The summed E-state index contributed by atoms with van der Waals surface area (Å²) in [7, 11) is 3.21. The fourth-order valence-electron chi connectivity index (χ4n) is 3.25. The molecule has 0 bridgehead atoms. The number of rotatable bonds is 8. The number of carbonyl (C=O) groups excluding carboxylic acids is 1. The normalized spacial score (nSPS) is 10.5. The first kappa shape index (κ1) is 21.9. The molecular formula is C25H24N4O4. The molecule has 4 rings (SSSR count). The van der Waals surface area contributed by atoms with Gasteiger partial charge >= 0.3 is 6.01 Å². The van der Waals surface area contributed by atoms with Crippen molar-refractivity contribution in [1.29, 1.82) is 0 Å². The number of aromatic nitrogens is 3.